The molecular weight excluding hydrogens is 356 g/mol. The summed E-state index contributed by atoms with van der Waals surface area (Å²) >= 11 is 1.34. The second kappa shape index (κ2) is 6.93. The molecule has 0 bridgehead atoms. The molecule has 0 radical (unpaired) electrons. The van der Waals surface area contributed by atoms with Crippen molar-refractivity contribution in [3.8, 4) is 0 Å². The zero-order valence-corrected chi connectivity index (χ0v) is 15.6. The molecule has 0 spiro atoms. The molecule has 3 aromatic rings. The van der Waals surface area contributed by atoms with Gasteiger partial charge in [0, 0.05) is 0 Å². The number of thiazole rings is 1. The second-order valence-electron chi connectivity index (χ2n) is 5.79. The van der Waals surface area contributed by atoms with E-state index in [1.807, 2.05) is 25.1 Å². The fourth-order valence-electron chi connectivity index (χ4n) is 2.40. The van der Waals surface area contributed by atoms with E-state index < -0.39 is 21.5 Å². The monoisotopic (exact) mass is 374 g/mol. The Hall–Kier alpha value is -2.25. The van der Waals surface area contributed by atoms with E-state index in [0.717, 1.165) is 22.2 Å². The van der Waals surface area contributed by atoms with E-state index in [-0.39, 0.29) is 4.90 Å². The van der Waals surface area contributed by atoms with Crippen LogP contribution in [0.1, 0.15) is 18.1 Å². The number of carbonyl (C=O) groups is 1. The van der Waals surface area contributed by atoms with Gasteiger partial charge in [-0.3, -0.25) is 4.79 Å². The lowest BCUT2D eigenvalue weighted by Gasteiger charge is -2.04. The summed E-state index contributed by atoms with van der Waals surface area (Å²) in [5.41, 5.74) is 2.94. The lowest BCUT2D eigenvalue weighted by Crippen LogP contribution is -2.22. The number of carbonyl (C=O) groups excluding carboxylic acids is 1. The van der Waals surface area contributed by atoms with Crippen molar-refractivity contribution in [2.75, 3.05) is 11.1 Å². The summed E-state index contributed by atoms with van der Waals surface area (Å²) in [6.07, 6.45) is 0.921. The van der Waals surface area contributed by atoms with Gasteiger partial charge >= 0.3 is 0 Å². The average Bonchev–Trinajstić information content (AvgIpc) is 2.95. The molecule has 0 saturated carbocycles. The highest BCUT2D eigenvalue weighted by atomic mass is 32.2. The van der Waals surface area contributed by atoms with Crippen molar-refractivity contribution < 1.29 is 13.2 Å². The number of hydrogen-bond donors (Lipinski definition) is 1. The smallest absolute Gasteiger partial charge is 0.241 e. The normalized spacial score (nSPS) is 11.6. The van der Waals surface area contributed by atoms with Gasteiger partial charge in [0.25, 0.3) is 0 Å². The van der Waals surface area contributed by atoms with Gasteiger partial charge in [-0.25, -0.2) is 13.4 Å². The van der Waals surface area contributed by atoms with Crippen LogP contribution < -0.4 is 5.32 Å². The van der Waals surface area contributed by atoms with Crippen LogP contribution in [0, 0.1) is 6.92 Å². The molecule has 0 aliphatic heterocycles. The summed E-state index contributed by atoms with van der Waals surface area (Å²) in [7, 11) is -3.67. The lowest BCUT2D eigenvalue weighted by atomic mass is 10.2. The fraction of sp³-hybridized carbons (Fsp3) is 0.222. The highest BCUT2D eigenvalue weighted by Crippen LogP contribution is 2.27. The van der Waals surface area contributed by atoms with Gasteiger partial charge in [0.05, 0.1) is 15.1 Å². The minimum Gasteiger partial charge on any atom is -0.301 e. The van der Waals surface area contributed by atoms with Crippen molar-refractivity contribution >= 4 is 42.4 Å². The molecule has 1 heterocycles. The van der Waals surface area contributed by atoms with Crippen LogP contribution in [0.3, 0.4) is 0 Å². The maximum Gasteiger partial charge on any atom is 0.241 e. The second-order valence-corrected chi connectivity index (χ2v) is 8.82. The number of amides is 1. The Morgan fingerprint density at radius 2 is 1.88 bits per heavy atom. The van der Waals surface area contributed by atoms with Crippen molar-refractivity contribution in [3.63, 3.8) is 0 Å². The van der Waals surface area contributed by atoms with Crippen LogP contribution >= 0.6 is 11.3 Å². The molecule has 0 unspecified atom stereocenters. The highest BCUT2D eigenvalue weighted by Gasteiger charge is 2.20. The molecule has 1 N–H and O–H groups in total. The molecule has 7 heteroatoms. The van der Waals surface area contributed by atoms with E-state index >= 15 is 0 Å². The first-order chi connectivity index (χ1) is 11.9. The molecule has 0 aliphatic carbocycles. The van der Waals surface area contributed by atoms with Gasteiger partial charge in [0.2, 0.25) is 5.91 Å². The van der Waals surface area contributed by atoms with Gasteiger partial charge in [-0.1, -0.05) is 42.0 Å². The number of aromatic nitrogens is 1. The molecule has 130 valence electrons. The van der Waals surface area contributed by atoms with Gasteiger partial charge in [-0.05, 0) is 43.2 Å². The Labute approximate surface area is 150 Å². The number of hydrogen-bond acceptors (Lipinski definition) is 5. The zero-order chi connectivity index (χ0) is 18.0. The Morgan fingerprint density at radius 3 is 2.56 bits per heavy atom. The van der Waals surface area contributed by atoms with E-state index in [9.17, 15) is 13.2 Å². The van der Waals surface area contributed by atoms with Crippen LogP contribution in [0.15, 0.2) is 47.4 Å². The van der Waals surface area contributed by atoms with Crippen LogP contribution in [0.5, 0.6) is 0 Å². The first-order valence-corrected chi connectivity index (χ1v) is 10.3. The van der Waals surface area contributed by atoms with Crippen LogP contribution in [-0.2, 0) is 21.1 Å². The molecule has 2 aromatic carbocycles. The lowest BCUT2D eigenvalue weighted by molar-refractivity contribution is -0.113. The number of rotatable bonds is 5. The molecule has 25 heavy (non-hydrogen) atoms. The van der Waals surface area contributed by atoms with E-state index in [1.165, 1.54) is 29.0 Å². The quantitative estimate of drug-likeness (QED) is 0.741. The molecule has 1 aromatic heterocycles. The molecule has 0 atom stereocenters. The summed E-state index contributed by atoms with van der Waals surface area (Å²) in [4.78, 5) is 16.6. The summed E-state index contributed by atoms with van der Waals surface area (Å²) in [5.74, 6) is -1.19. The van der Waals surface area contributed by atoms with Crippen LogP contribution in [-0.4, -0.2) is 25.1 Å². The molecule has 0 saturated heterocycles. The topological polar surface area (TPSA) is 76.1 Å². The molecule has 0 aliphatic rings. The number of benzene rings is 2. The maximum atomic E-state index is 12.3. The van der Waals surface area contributed by atoms with Crippen molar-refractivity contribution in [2.45, 2.75) is 25.2 Å². The first kappa shape index (κ1) is 17.6. The SMILES string of the molecule is CCc1ccc2nc(NC(=O)CS(=O)(=O)c3ccc(C)cc3)sc2c1. The summed E-state index contributed by atoms with van der Waals surface area (Å²) in [6.45, 7) is 3.95. The Balaban J connectivity index is 1.74. The maximum absolute atomic E-state index is 12.3. The number of fused-ring (bicyclic) bond motifs is 1. The highest BCUT2D eigenvalue weighted by molar-refractivity contribution is 7.92. The van der Waals surface area contributed by atoms with Crippen molar-refractivity contribution in [1.29, 1.82) is 0 Å². The fourth-order valence-corrected chi connectivity index (χ4v) is 4.48. The molecule has 3 rings (SSSR count). The van der Waals surface area contributed by atoms with Gasteiger partial charge < -0.3 is 5.32 Å². The predicted molar refractivity (Wildman–Crippen MR) is 101 cm³/mol. The minimum absolute atomic E-state index is 0.144. The number of nitrogens with zero attached hydrogens (tertiary/aromatic N) is 1. The van der Waals surface area contributed by atoms with E-state index in [0.29, 0.717) is 5.13 Å². The molecular formula is C18H18N2O3S2. The van der Waals surface area contributed by atoms with Gasteiger partial charge in [0.15, 0.2) is 15.0 Å². The van der Waals surface area contributed by atoms with Crippen molar-refractivity contribution in [2.24, 2.45) is 0 Å². The summed E-state index contributed by atoms with van der Waals surface area (Å²) in [6, 6.07) is 12.4. The van der Waals surface area contributed by atoms with Crippen LogP contribution in [0.2, 0.25) is 0 Å². The van der Waals surface area contributed by atoms with Crippen LogP contribution in [0.4, 0.5) is 5.13 Å². The summed E-state index contributed by atoms with van der Waals surface area (Å²) in [5, 5.41) is 3.00. The third-order valence-electron chi connectivity index (χ3n) is 3.81. The molecule has 1 amide bonds. The van der Waals surface area contributed by atoms with Crippen molar-refractivity contribution in [3.05, 3.63) is 53.6 Å². The number of aryl methyl sites for hydroxylation is 2. The van der Waals surface area contributed by atoms with E-state index in [1.54, 1.807) is 12.1 Å². The van der Waals surface area contributed by atoms with Crippen molar-refractivity contribution in [1.82, 2.24) is 4.98 Å². The molecule has 0 fully saturated rings. The summed E-state index contributed by atoms with van der Waals surface area (Å²) < 4.78 is 25.6. The Morgan fingerprint density at radius 1 is 1.16 bits per heavy atom. The third kappa shape index (κ3) is 4.05. The average molecular weight is 374 g/mol. The Kier molecular flexibility index (Phi) is 4.87. The van der Waals surface area contributed by atoms with Gasteiger partial charge in [0.1, 0.15) is 5.75 Å². The zero-order valence-electron chi connectivity index (χ0n) is 13.9. The number of anilines is 1. The van der Waals surface area contributed by atoms with Gasteiger partial charge in [-0.15, -0.1) is 0 Å². The third-order valence-corrected chi connectivity index (χ3v) is 6.37. The first-order valence-electron chi connectivity index (χ1n) is 7.86. The largest absolute Gasteiger partial charge is 0.301 e. The number of nitrogens with one attached hydrogen (secondary N) is 1. The Bertz CT molecular complexity index is 1020. The molecule has 5 nitrogen and oxygen atoms in total. The predicted octanol–water partition coefficient (Wildman–Crippen LogP) is 3.58. The standard InChI is InChI=1S/C18H18N2O3S2/c1-3-13-6-9-15-16(10-13)24-18(19-15)20-17(21)11-25(22,23)14-7-4-12(2)5-8-14/h4-10H,3,11H2,1-2H3,(H,19,20,21). The van der Waals surface area contributed by atoms with Gasteiger partial charge in [-0.2, -0.15) is 0 Å². The number of sulfone groups is 1. The van der Waals surface area contributed by atoms with E-state index in [2.05, 4.69) is 17.2 Å². The van der Waals surface area contributed by atoms with E-state index in [4.69, 9.17) is 0 Å². The van der Waals surface area contributed by atoms with Crippen LogP contribution in [0.25, 0.3) is 10.2 Å². The minimum atomic E-state index is -3.67.